The third-order valence-electron chi connectivity index (χ3n) is 5.97. The number of anilines is 1. The number of cyclic esters (lactones) is 1. The van der Waals surface area contributed by atoms with E-state index in [4.69, 9.17) is 9.47 Å². The van der Waals surface area contributed by atoms with Crippen molar-refractivity contribution in [3.8, 4) is 16.9 Å². The van der Waals surface area contributed by atoms with Crippen LogP contribution in [0.25, 0.3) is 11.1 Å². The van der Waals surface area contributed by atoms with Crippen molar-refractivity contribution in [1.82, 2.24) is 0 Å². The summed E-state index contributed by atoms with van der Waals surface area (Å²) >= 11 is 0. The van der Waals surface area contributed by atoms with Crippen molar-refractivity contribution < 1.29 is 19.1 Å². The summed E-state index contributed by atoms with van der Waals surface area (Å²) in [4.78, 5) is 26.4. The molecular formula is C29H31NO4. The van der Waals surface area contributed by atoms with Crippen LogP contribution in [0.15, 0.2) is 66.7 Å². The first kappa shape index (κ1) is 23.6. The van der Waals surface area contributed by atoms with Crippen LogP contribution in [0.3, 0.4) is 0 Å². The van der Waals surface area contributed by atoms with Crippen LogP contribution in [0.5, 0.6) is 5.75 Å². The lowest BCUT2D eigenvalue weighted by molar-refractivity contribution is -0.127. The van der Waals surface area contributed by atoms with E-state index < -0.39 is 11.8 Å². The lowest BCUT2D eigenvalue weighted by Gasteiger charge is -2.32. The molecule has 0 atom stereocenters. The first-order valence-electron chi connectivity index (χ1n) is 11.8. The summed E-state index contributed by atoms with van der Waals surface area (Å²) in [5, 5.41) is 0. The Bertz CT molecular complexity index is 1180. The average Bonchev–Trinajstić information content (AvgIpc) is 2.80. The Morgan fingerprint density at radius 3 is 2.09 bits per heavy atom. The highest BCUT2D eigenvalue weighted by Gasteiger charge is 2.34. The number of unbranched alkanes of at least 4 members (excludes halogenated alkanes) is 1. The third kappa shape index (κ3) is 5.30. The van der Waals surface area contributed by atoms with Gasteiger partial charge in [-0.1, -0.05) is 61.9 Å². The fraction of sp³-hybridized carbons (Fsp3) is 0.310. The number of amides is 1. The summed E-state index contributed by atoms with van der Waals surface area (Å²) in [5.74, 6) is -1.15. The van der Waals surface area contributed by atoms with Gasteiger partial charge in [0.05, 0.1) is 6.54 Å². The number of nitrogens with zero attached hydrogens (tertiary/aromatic N) is 1. The van der Waals surface area contributed by atoms with Crippen molar-refractivity contribution in [2.45, 2.75) is 59.3 Å². The number of carbonyl (C=O) groups excluding carboxylic acids is 2. The molecule has 0 N–H and O–H groups in total. The molecule has 0 aliphatic carbocycles. The number of fused-ring (bicyclic) bond motifs is 1. The fourth-order valence-electron chi connectivity index (χ4n) is 4.11. The Morgan fingerprint density at radius 2 is 1.50 bits per heavy atom. The van der Waals surface area contributed by atoms with Crippen molar-refractivity contribution in [3.63, 3.8) is 0 Å². The zero-order valence-electron chi connectivity index (χ0n) is 20.3. The quantitative estimate of drug-likeness (QED) is 0.378. The molecule has 1 aliphatic heterocycles. The van der Waals surface area contributed by atoms with Gasteiger partial charge in [-0.15, -0.1) is 0 Å². The van der Waals surface area contributed by atoms with E-state index in [9.17, 15) is 9.59 Å². The largest absolute Gasteiger partial charge is 0.452 e. The van der Waals surface area contributed by atoms with Crippen molar-refractivity contribution in [3.05, 3.63) is 83.4 Å². The second kappa shape index (κ2) is 9.72. The first-order chi connectivity index (χ1) is 16.3. The number of rotatable bonds is 7. The molecule has 0 fully saturated rings. The smallest absolute Gasteiger partial charge is 0.345 e. The number of hydrogen-bond acceptors (Lipinski definition) is 4. The molecule has 0 aromatic heterocycles. The number of carbonyl (C=O) groups is 2. The SMILES string of the molecule is CCCCc1ccc(-c2ccc(CN(C(C)=O)c3ccc4c(c3)OC(C)(C)OC4=O)cc2)cc1. The molecule has 3 aromatic rings. The van der Waals surface area contributed by atoms with Gasteiger partial charge in [-0.3, -0.25) is 4.79 Å². The maximum absolute atomic E-state index is 12.5. The fourth-order valence-corrected chi connectivity index (χ4v) is 4.11. The third-order valence-corrected chi connectivity index (χ3v) is 5.97. The van der Waals surface area contributed by atoms with E-state index in [-0.39, 0.29) is 5.91 Å². The van der Waals surface area contributed by atoms with Crippen LogP contribution in [0.2, 0.25) is 0 Å². The van der Waals surface area contributed by atoms with Gasteiger partial charge in [0.2, 0.25) is 11.7 Å². The van der Waals surface area contributed by atoms with Crippen LogP contribution in [0.4, 0.5) is 5.69 Å². The number of ether oxygens (including phenoxy) is 2. The van der Waals surface area contributed by atoms with Crippen LogP contribution < -0.4 is 9.64 Å². The zero-order chi connectivity index (χ0) is 24.3. The Hall–Kier alpha value is -3.60. The van der Waals surface area contributed by atoms with Crippen LogP contribution in [0.1, 0.15) is 62.0 Å². The molecule has 1 amide bonds. The van der Waals surface area contributed by atoms with Gasteiger partial charge in [-0.2, -0.15) is 0 Å². The van der Waals surface area contributed by atoms with E-state index >= 15 is 0 Å². The number of aryl methyl sites for hydroxylation is 1. The Morgan fingerprint density at radius 1 is 0.882 bits per heavy atom. The number of esters is 1. The van der Waals surface area contributed by atoms with E-state index in [2.05, 4.69) is 43.3 Å². The summed E-state index contributed by atoms with van der Waals surface area (Å²) in [5.41, 5.74) is 5.72. The van der Waals surface area contributed by atoms with Gasteiger partial charge in [0.15, 0.2) is 0 Å². The molecule has 34 heavy (non-hydrogen) atoms. The van der Waals surface area contributed by atoms with E-state index in [1.807, 2.05) is 12.1 Å². The lowest BCUT2D eigenvalue weighted by Crippen LogP contribution is -2.39. The molecule has 176 valence electrons. The average molecular weight is 458 g/mol. The molecule has 0 saturated heterocycles. The molecule has 1 aliphatic rings. The summed E-state index contributed by atoms with van der Waals surface area (Å²) in [7, 11) is 0. The van der Waals surface area contributed by atoms with Gasteiger partial charge in [-0.05, 0) is 47.2 Å². The van der Waals surface area contributed by atoms with Gasteiger partial charge >= 0.3 is 5.97 Å². The molecule has 5 nitrogen and oxygen atoms in total. The molecule has 0 unspecified atom stereocenters. The minimum Gasteiger partial charge on any atom is -0.452 e. The highest BCUT2D eigenvalue weighted by molar-refractivity contribution is 5.96. The predicted octanol–water partition coefficient (Wildman–Crippen LogP) is 6.53. The van der Waals surface area contributed by atoms with Gasteiger partial charge < -0.3 is 14.4 Å². The van der Waals surface area contributed by atoms with Gasteiger partial charge in [0, 0.05) is 32.5 Å². The topological polar surface area (TPSA) is 55.8 Å². The molecule has 5 heteroatoms. The van der Waals surface area contributed by atoms with Crippen molar-refractivity contribution in [2.24, 2.45) is 0 Å². The molecule has 0 radical (unpaired) electrons. The van der Waals surface area contributed by atoms with Gasteiger partial charge in [0.1, 0.15) is 11.3 Å². The Balaban J connectivity index is 1.52. The minimum absolute atomic E-state index is 0.0932. The molecule has 0 spiro atoms. The molecule has 0 saturated carbocycles. The zero-order valence-corrected chi connectivity index (χ0v) is 20.3. The highest BCUT2D eigenvalue weighted by Crippen LogP contribution is 2.35. The predicted molar refractivity (Wildman–Crippen MR) is 134 cm³/mol. The normalized spacial score (nSPS) is 14.1. The number of benzene rings is 3. The summed E-state index contributed by atoms with van der Waals surface area (Å²) < 4.78 is 11.1. The molecule has 3 aromatic carbocycles. The lowest BCUT2D eigenvalue weighted by atomic mass is 10.0. The molecule has 1 heterocycles. The van der Waals surface area contributed by atoms with Crippen molar-refractivity contribution >= 4 is 17.6 Å². The van der Waals surface area contributed by atoms with Crippen molar-refractivity contribution in [1.29, 1.82) is 0 Å². The van der Waals surface area contributed by atoms with E-state index in [0.717, 1.165) is 17.5 Å². The standard InChI is InChI=1S/C29H31NO4/c1-5-6-7-21-8-12-23(13-9-21)24-14-10-22(11-15-24)19-30(20(2)31)25-16-17-26-27(18-25)33-29(3,4)34-28(26)32/h8-18H,5-7,19H2,1-4H3. The van der Waals surface area contributed by atoms with Crippen LogP contribution in [-0.2, 0) is 22.5 Å². The minimum atomic E-state index is -1.05. The van der Waals surface area contributed by atoms with Crippen molar-refractivity contribution in [2.75, 3.05) is 4.90 Å². The maximum atomic E-state index is 12.5. The van der Waals surface area contributed by atoms with E-state index in [1.165, 1.54) is 30.9 Å². The number of hydrogen-bond donors (Lipinski definition) is 0. The Labute approximate surface area is 201 Å². The van der Waals surface area contributed by atoms with Crippen LogP contribution >= 0.6 is 0 Å². The monoisotopic (exact) mass is 457 g/mol. The second-order valence-corrected chi connectivity index (χ2v) is 9.17. The molecular weight excluding hydrogens is 426 g/mol. The summed E-state index contributed by atoms with van der Waals surface area (Å²) in [6.07, 6.45) is 3.52. The molecule has 4 rings (SSSR count). The summed E-state index contributed by atoms with van der Waals surface area (Å²) in [6.45, 7) is 7.53. The van der Waals surface area contributed by atoms with Crippen LogP contribution in [0, 0.1) is 0 Å². The maximum Gasteiger partial charge on any atom is 0.345 e. The van der Waals surface area contributed by atoms with Crippen LogP contribution in [-0.4, -0.2) is 17.7 Å². The molecule has 0 bridgehead atoms. The van der Waals surface area contributed by atoms with Gasteiger partial charge in [0.25, 0.3) is 0 Å². The van der Waals surface area contributed by atoms with Gasteiger partial charge in [-0.25, -0.2) is 4.79 Å². The Kier molecular flexibility index (Phi) is 6.73. The highest BCUT2D eigenvalue weighted by atomic mass is 16.7. The van der Waals surface area contributed by atoms with E-state index in [1.54, 1.807) is 36.9 Å². The second-order valence-electron chi connectivity index (χ2n) is 9.17. The first-order valence-corrected chi connectivity index (χ1v) is 11.8. The summed E-state index contributed by atoms with van der Waals surface area (Å²) in [6, 6.07) is 22.1. The van der Waals surface area contributed by atoms with E-state index in [0.29, 0.717) is 23.5 Å².